The molecule has 2 heterocycles. The number of ether oxygens (including phenoxy) is 1. The molecule has 0 bridgehead atoms. The van der Waals surface area contributed by atoms with E-state index in [0.29, 0.717) is 31.0 Å². The van der Waals surface area contributed by atoms with Gasteiger partial charge in [0.15, 0.2) is 0 Å². The van der Waals surface area contributed by atoms with E-state index < -0.39 is 10.0 Å². The monoisotopic (exact) mass is 394 g/mol. The van der Waals surface area contributed by atoms with Crippen molar-refractivity contribution in [3.63, 3.8) is 0 Å². The highest BCUT2D eigenvalue weighted by Gasteiger charge is 2.30. The van der Waals surface area contributed by atoms with Crippen LogP contribution < -0.4 is 10.1 Å². The minimum atomic E-state index is -3.29. The molecule has 3 rings (SSSR count). The van der Waals surface area contributed by atoms with Crippen LogP contribution in [0.3, 0.4) is 0 Å². The Morgan fingerprint density at radius 1 is 1.44 bits per heavy atom. The summed E-state index contributed by atoms with van der Waals surface area (Å²) in [6.45, 7) is 0.741. The number of hydrogen-bond acceptors (Lipinski definition) is 7. The highest BCUT2D eigenvalue weighted by molar-refractivity contribution is 7.88. The molecule has 27 heavy (non-hydrogen) atoms. The SMILES string of the molecule is COc1cccc(-c2noc(CNC(=O)[C@H]3CCCN(S(C)(=O)=O)C3)n2)c1. The van der Waals surface area contributed by atoms with Gasteiger partial charge in [-0.25, -0.2) is 12.7 Å². The predicted molar refractivity (Wildman–Crippen MR) is 97.3 cm³/mol. The second-order valence-corrected chi connectivity index (χ2v) is 8.40. The van der Waals surface area contributed by atoms with Crippen molar-refractivity contribution in [3.8, 4) is 17.1 Å². The number of rotatable bonds is 6. The van der Waals surface area contributed by atoms with Gasteiger partial charge in [-0.1, -0.05) is 17.3 Å². The van der Waals surface area contributed by atoms with E-state index in [-0.39, 0.29) is 30.8 Å². The number of amides is 1. The summed E-state index contributed by atoms with van der Waals surface area (Å²) in [5, 5.41) is 6.66. The van der Waals surface area contributed by atoms with Crippen LogP contribution in [0, 0.1) is 5.92 Å². The number of benzene rings is 1. The van der Waals surface area contributed by atoms with Gasteiger partial charge in [0.2, 0.25) is 27.6 Å². The number of methoxy groups -OCH3 is 1. The third-order valence-corrected chi connectivity index (χ3v) is 5.70. The second-order valence-electron chi connectivity index (χ2n) is 6.42. The molecule has 1 amide bonds. The molecule has 0 radical (unpaired) electrons. The predicted octanol–water partition coefficient (Wildman–Crippen LogP) is 1.03. The number of hydrogen-bond donors (Lipinski definition) is 1. The second kappa shape index (κ2) is 8.05. The molecule has 1 aromatic heterocycles. The van der Waals surface area contributed by atoms with E-state index in [9.17, 15) is 13.2 Å². The lowest BCUT2D eigenvalue weighted by atomic mass is 9.99. The molecular weight excluding hydrogens is 372 g/mol. The number of piperidine rings is 1. The van der Waals surface area contributed by atoms with Crippen molar-refractivity contribution < 1.29 is 22.5 Å². The zero-order valence-electron chi connectivity index (χ0n) is 15.2. The molecule has 1 atom stereocenters. The van der Waals surface area contributed by atoms with Gasteiger partial charge in [0.1, 0.15) is 5.75 Å². The zero-order chi connectivity index (χ0) is 19.4. The van der Waals surface area contributed by atoms with Crippen molar-refractivity contribution in [2.24, 2.45) is 5.92 Å². The van der Waals surface area contributed by atoms with E-state index >= 15 is 0 Å². The maximum absolute atomic E-state index is 12.4. The minimum Gasteiger partial charge on any atom is -0.497 e. The summed E-state index contributed by atoms with van der Waals surface area (Å²) in [5.41, 5.74) is 0.742. The fourth-order valence-corrected chi connectivity index (χ4v) is 3.88. The first-order valence-corrected chi connectivity index (χ1v) is 10.4. The topological polar surface area (TPSA) is 115 Å². The van der Waals surface area contributed by atoms with Crippen LogP contribution in [0.4, 0.5) is 0 Å². The van der Waals surface area contributed by atoms with Crippen molar-refractivity contribution in [1.29, 1.82) is 0 Å². The summed E-state index contributed by atoms with van der Waals surface area (Å²) in [5.74, 6) is 0.759. The molecule has 0 unspecified atom stereocenters. The summed E-state index contributed by atoms with van der Waals surface area (Å²) in [7, 11) is -1.71. The number of carbonyl (C=O) groups is 1. The van der Waals surface area contributed by atoms with E-state index in [0.717, 1.165) is 11.8 Å². The highest BCUT2D eigenvalue weighted by Crippen LogP contribution is 2.22. The molecule has 10 heteroatoms. The molecule has 1 aliphatic rings. The number of nitrogens with one attached hydrogen (secondary N) is 1. The van der Waals surface area contributed by atoms with Crippen LogP contribution in [0.15, 0.2) is 28.8 Å². The van der Waals surface area contributed by atoms with Gasteiger partial charge in [-0.2, -0.15) is 4.98 Å². The lowest BCUT2D eigenvalue weighted by molar-refractivity contribution is -0.126. The van der Waals surface area contributed by atoms with Crippen molar-refractivity contribution in [2.75, 3.05) is 26.5 Å². The third kappa shape index (κ3) is 4.83. The number of carbonyl (C=O) groups excluding carboxylic acids is 1. The molecule has 9 nitrogen and oxygen atoms in total. The Morgan fingerprint density at radius 2 is 2.26 bits per heavy atom. The highest BCUT2D eigenvalue weighted by atomic mass is 32.2. The third-order valence-electron chi connectivity index (χ3n) is 4.43. The van der Waals surface area contributed by atoms with Gasteiger partial charge in [-0.3, -0.25) is 4.79 Å². The zero-order valence-corrected chi connectivity index (χ0v) is 16.0. The van der Waals surface area contributed by atoms with Crippen LogP contribution in [0.25, 0.3) is 11.4 Å². The molecule has 1 saturated heterocycles. The summed E-state index contributed by atoms with van der Waals surface area (Å²) in [6, 6.07) is 7.25. The van der Waals surface area contributed by atoms with Crippen molar-refractivity contribution in [3.05, 3.63) is 30.2 Å². The van der Waals surface area contributed by atoms with E-state index in [1.165, 1.54) is 4.31 Å². The van der Waals surface area contributed by atoms with E-state index in [1.807, 2.05) is 18.2 Å². The van der Waals surface area contributed by atoms with Crippen LogP contribution in [-0.4, -0.2) is 55.2 Å². The maximum atomic E-state index is 12.4. The van der Waals surface area contributed by atoms with Gasteiger partial charge in [0.05, 0.1) is 25.8 Å². The fraction of sp³-hybridized carbons (Fsp3) is 0.471. The summed E-state index contributed by atoms with van der Waals surface area (Å²) >= 11 is 0. The molecular formula is C17H22N4O5S. The Bertz CT molecular complexity index is 912. The number of sulfonamides is 1. The molecule has 1 fully saturated rings. The van der Waals surface area contributed by atoms with Gasteiger partial charge in [0, 0.05) is 18.7 Å². The summed E-state index contributed by atoms with van der Waals surface area (Å²) < 4.78 is 35.0. The summed E-state index contributed by atoms with van der Waals surface area (Å²) in [6.07, 6.45) is 2.47. The first kappa shape index (κ1) is 19.3. The van der Waals surface area contributed by atoms with Gasteiger partial charge < -0.3 is 14.6 Å². The molecule has 0 spiro atoms. The van der Waals surface area contributed by atoms with Crippen LogP contribution in [0.5, 0.6) is 5.75 Å². The Balaban J connectivity index is 1.59. The molecule has 146 valence electrons. The average Bonchev–Trinajstić information content (AvgIpc) is 3.14. The van der Waals surface area contributed by atoms with Gasteiger partial charge in [-0.15, -0.1) is 0 Å². The first-order chi connectivity index (χ1) is 12.9. The summed E-state index contributed by atoms with van der Waals surface area (Å²) in [4.78, 5) is 16.6. The van der Waals surface area contributed by atoms with Gasteiger partial charge in [-0.05, 0) is 25.0 Å². The van der Waals surface area contributed by atoms with Gasteiger partial charge >= 0.3 is 0 Å². The van der Waals surface area contributed by atoms with E-state index in [1.54, 1.807) is 13.2 Å². The molecule has 0 aliphatic carbocycles. The normalized spacial score (nSPS) is 18.2. The van der Waals surface area contributed by atoms with Crippen LogP contribution in [0.2, 0.25) is 0 Å². The largest absolute Gasteiger partial charge is 0.497 e. The Hall–Kier alpha value is -2.46. The van der Waals surface area contributed by atoms with Crippen molar-refractivity contribution >= 4 is 15.9 Å². The number of nitrogens with zero attached hydrogens (tertiary/aromatic N) is 3. The van der Waals surface area contributed by atoms with Crippen molar-refractivity contribution in [1.82, 2.24) is 19.8 Å². The Labute approximate surface area is 157 Å². The standard InChI is InChI=1S/C17H22N4O5S/c1-25-14-7-3-5-12(9-14)16-19-15(26-20-16)10-18-17(22)13-6-4-8-21(11-13)27(2,23)24/h3,5,7,9,13H,4,6,8,10-11H2,1-2H3,(H,18,22)/t13-/m0/s1. The molecule has 2 aromatic rings. The Morgan fingerprint density at radius 3 is 3.00 bits per heavy atom. The molecule has 1 N–H and O–H groups in total. The maximum Gasteiger partial charge on any atom is 0.246 e. The molecule has 0 saturated carbocycles. The first-order valence-electron chi connectivity index (χ1n) is 8.56. The van der Waals surface area contributed by atoms with Crippen LogP contribution in [-0.2, 0) is 21.4 Å². The fourth-order valence-electron chi connectivity index (χ4n) is 2.97. The van der Waals surface area contributed by atoms with E-state index in [4.69, 9.17) is 9.26 Å². The lowest BCUT2D eigenvalue weighted by Crippen LogP contribution is -2.44. The van der Waals surface area contributed by atoms with Crippen molar-refractivity contribution in [2.45, 2.75) is 19.4 Å². The van der Waals surface area contributed by atoms with Crippen LogP contribution >= 0.6 is 0 Å². The van der Waals surface area contributed by atoms with Crippen LogP contribution in [0.1, 0.15) is 18.7 Å². The van der Waals surface area contributed by atoms with Gasteiger partial charge in [0.25, 0.3) is 0 Å². The van der Waals surface area contributed by atoms with E-state index in [2.05, 4.69) is 15.5 Å². The smallest absolute Gasteiger partial charge is 0.246 e. The molecule has 1 aromatic carbocycles. The average molecular weight is 394 g/mol. The lowest BCUT2D eigenvalue weighted by Gasteiger charge is -2.29. The minimum absolute atomic E-state index is 0.0885. The Kier molecular flexibility index (Phi) is 5.76. The number of aromatic nitrogens is 2. The molecule has 1 aliphatic heterocycles. The quantitative estimate of drug-likeness (QED) is 0.778.